The van der Waals surface area contributed by atoms with E-state index in [-0.39, 0.29) is 5.69 Å². The van der Waals surface area contributed by atoms with E-state index in [1.54, 1.807) is 13.0 Å². The molecule has 0 aliphatic rings. The second-order valence-electron chi connectivity index (χ2n) is 2.56. The summed E-state index contributed by atoms with van der Waals surface area (Å²) in [6.45, 7) is 3.55. The molecular weight excluding hydrogens is 228 g/mol. The summed E-state index contributed by atoms with van der Waals surface area (Å²) < 4.78 is 24.9. The maximum atomic E-state index is 12.2. The van der Waals surface area contributed by atoms with E-state index in [1.165, 1.54) is 0 Å². The summed E-state index contributed by atoms with van der Waals surface area (Å²) in [5, 5.41) is 0. The van der Waals surface area contributed by atoms with E-state index in [2.05, 4.69) is 20.9 Å². The molecule has 66 valence electrons. The van der Waals surface area contributed by atoms with Crippen LogP contribution in [0, 0.1) is 13.8 Å². The Morgan fingerprint density at radius 3 is 2.50 bits per heavy atom. The molecule has 0 bridgehead atoms. The summed E-state index contributed by atoms with van der Waals surface area (Å²) in [7, 11) is 0. The summed E-state index contributed by atoms with van der Waals surface area (Å²) in [6, 6.07) is 1.66. The van der Waals surface area contributed by atoms with Crippen molar-refractivity contribution in [2.24, 2.45) is 0 Å². The van der Waals surface area contributed by atoms with Crippen LogP contribution in [0.2, 0.25) is 0 Å². The monoisotopic (exact) mass is 235 g/mol. The molecule has 12 heavy (non-hydrogen) atoms. The smallest absolute Gasteiger partial charge is 0.251 e. The van der Waals surface area contributed by atoms with Crippen LogP contribution in [0.1, 0.15) is 23.4 Å². The zero-order chi connectivity index (χ0) is 9.30. The molecule has 1 nitrogen and oxygen atoms in total. The summed E-state index contributed by atoms with van der Waals surface area (Å²) in [4.78, 5) is 3.77. The molecule has 4 heteroatoms. The van der Waals surface area contributed by atoms with E-state index >= 15 is 0 Å². The molecule has 1 heterocycles. The molecule has 1 aromatic rings. The molecule has 0 N–H and O–H groups in total. The zero-order valence-corrected chi connectivity index (χ0v) is 8.32. The number of nitrogens with zero attached hydrogens (tertiary/aromatic N) is 1. The van der Waals surface area contributed by atoms with Crippen molar-refractivity contribution >= 4 is 15.9 Å². The fourth-order valence-corrected chi connectivity index (χ4v) is 1.45. The second-order valence-corrected chi connectivity index (χ2v) is 3.41. The van der Waals surface area contributed by atoms with E-state index in [0.717, 1.165) is 5.56 Å². The molecule has 0 unspecified atom stereocenters. The lowest BCUT2D eigenvalue weighted by Gasteiger charge is -2.05. The molecule has 1 aromatic heterocycles. The van der Waals surface area contributed by atoms with Crippen LogP contribution in [-0.4, -0.2) is 4.98 Å². The summed E-state index contributed by atoms with van der Waals surface area (Å²) >= 11 is 3.04. The number of hydrogen-bond acceptors (Lipinski definition) is 1. The standard InChI is InChI=1S/C8H8BrF2N/c1-4-3-6(9)7(8(10)11)12-5(4)2/h3,8H,1-2H3. The molecule has 0 aliphatic heterocycles. The van der Waals surface area contributed by atoms with Gasteiger partial charge in [-0.1, -0.05) is 0 Å². The van der Waals surface area contributed by atoms with Crippen molar-refractivity contribution in [1.82, 2.24) is 4.98 Å². The highest BCUT2D eigenvalue weighted by Crippen LogP contribution is 2.26. The van der Waals surface area contributed by atoms with E-state index < -0.39 is 6.43 Å². The Labute approximate surface area is 77.9 Å². The first-order chi connectivity index (χ1) is 5.52. The van der Waals surface area contributed by atoms with E-state index in [4.69, 9.17) is 0 Å². The van der Waals surface area contributed by atoms with E-state index in [0.29, 0.717) is 10.2 Å². The topological polar surface area (TPSA) is 12.9 Å². The van der Waals surface area contributed by atoms with Gasteiger partial charge in [-0.25, -0.2) is 8.78 Å². The van der Waals surface area contributed by atoms with Crippen LogP contribution < -0.4 is 0 Å². The molecule has 0 radical (unpaired) electrons. The first-order valence-electron chi connectivity index (χ1n) is 3.44. The molecule has 0 aliphatic carbocycles. The van der Waals surface area contributed by atoms with Gasteiger partial charge in [-0.2, -0.15) is 0 Å². The van der Waals surface area contributed by atoms with Crippen LogP contribution in [0.5, 0.6) is 0 Å². The van der Waals surface area contributed by atoms with Crippen LogP contribution in [0.3, 0.4) is 0 Å². The number of alkyl halides is 2. The third kappa shape index (κ3) is 1.80. The van der Waals surface area contributed by atoms with Gasteiger partial charge in [0.05, 0.1) is 0 Å². The number of aromatic nitrogens is 1. The molecular formula is C8H8BrF2N. The van der Waals surface area contributed by atoms with Crippen LogP contribution in [0.4, 0.5) is 8.78 Å². The largest absolute Gasteiger partial charge is 0.281 e. The predicted octanol–water partition coefficient (Wildman–Crippen LogP) is 3.40. The van der Waals surface area contributed by atoms with Crippen LogP contribution in [0.15, 0.2) is 10.5 Å². The molecule has 1 rings (SSSR count). The summed E-state index contributed by atoms with van der Waals surface area (Å²) in [5.41, 5.74) is 1.37. The number of aryl methyl sites for hydroxylation is 2. The van der Waals surface area contributed by atoms with Crippen LogP contribution in [-0.2, 0) is 0 Å². The lowest BCUT2D eigenvalue weighted by molar-refractivity contribution is 0.145. The van der Waals surface area contributed by atoms with Gasteiger partial charge in [-0.15, -0.1) is 0 Å². The van der Waals surface area contributed by atoms with Crippen molar-refractivity contribution < 1.29 is 8.78 Å². The number of halogens is 3. The average Bonchev–Trinajstić information content (AvgIpc) is 1.96. The van der Waals surface area contributed by atoms with Crippen molar-refractivity contribution in [1.29, 1.82) is 0 Å². The Hall–Kier alpha value is -0.510. The van der Waals surface area contributed by atoms with Gasteiger partial charge >= 0.3 is 0 Å². The van der Waals surface area contributed by atoms with Crippen molar-refractivity contribution in [3.05, 3.63) is 27.5 Å². The minimum Gasteiger partial charge on any atom is -0.251 e. The minimum absolute atomic E-state index is 0.182. The molecule has 0 saturated carbocycles. The Morgan fingerprint density at radius 1 is 1.42 bits per heavy atom. The quantitative estimate of drug-likeness (QED) is 0.728. The summed E-state index contributed by atoms with van der Waals surface area (Å²) in [6.07, 6.45) is -2.52. The van der Waals surface area contributed by atoms with Gasteiger partial charge in [0.15, 0.2) is 0 Å². The average molecular weight is 236 g/mol. The lowest BCUT2D eigenvalue weighted by atomic mass is 10.2. The van der Waals surface area contributed by atoms with Crippen molar-refractivity contribution in [3.63, 3.8) is 0 Å². The Balaban J connectivity index is 3.23. The van der Waals surface area contributed by atoms with Crippen molar-refractivity contribution in [2.75, 3.05) is 0 Å². The molecule has 0 spiro atoms. The highest BCUT2D eigenvalue weighted by Gasteiger charge is 2.14. The Bertz CT molecular complexity index is 299. The first-order valence-corrected chi connectivity index (χ1v) is 4.23. The van der Waals surface area contributed by atoms with Gasteiger partial charge in [0, 0.05) is 10.2 Å². The van der Waals surface area contributed by atoms with E-state index in [9.17, 15) is 8.78 Å². The van der Waals surface area contributed by atoms with Gasteiger partial charge in [0.2, 0.25) is 0 Å². The molecule has 0 amide bonds. The highest BCUT2D eigenvalue weighted by atomic mass is 79.9. The van der Waals surface area contributed by atoms with Gasteiger partial charge in [-0.05, 0) is 41.4 Å². The number of pyridine rings is 1. The van der Waals surface area contributed by atoms with Gasteiger partial charge < -0.3 is 0 Å². The highest BCUT2D eigenvalue weighted by molar-refractivity contribution is 9.10. The normalized spacial score (nSPS) is 10.8. The maximum Gasteiger partial charge on any atom is 0.281 e. The van der Waals surface area contributed by atoms with Crippen LogP contribution in [0.25, 0.3) is 0 Å². The minimum atomic E-state index is -2.52. The first kappa shape index (κ1) is 9.58. The molecule has 0 saturated heterocycles. The maximum absolute atomic E-state index is 12.2. The molecule has 0 aromatic carbocycles. The van der Waals surface area contributed by atoms with E-state index in [1.807, 2.05) is 6.92 Å². The predicted molar refractivity (Wildman–Crippen MR) is 46.4 cm³/mol. The fraction of sp³-hybridized carbons (Fsp3) is 0.375. The third-order valence-electron chi connectivity index (χ3n) is 1.65. The number of hydrogen-bond donors (Lipinski definition) is 0. The van der Waals surface area contributed by atoms with Crippen molar-refractivity contribution in [2.45, 2.75) is 20.3 Å². The van der Waals surface area contributed by atoms with Crippen LogP contribution >= 0.6 is 15.9 Å². The second kappa shape index (κ2) is 3.47. The molecule has 0 fully saturated rings. The zero-order valence-electron chi connectivity index (χ0n) is 6.74. The van der Waals surface area contributed by atoms with Gasteiger partial charge in [0.1, 0.15) is 5.69 Å². The molecule has 0 atom stereocenters. The number of rotatable bonds is 1. The summed E-state index contributed by atoms with van der Waals surface area (Å²) in [5.74, 6) is 0. The Kier molecular flexibility index (Phi) is 2.77. The van der Waals surface area contributed by atoms with Gasteiger partial charge in [0.25, 0.3) is 6.43 Å². The fourth-order valence-electron chi connectivity index (χ4n) is 0.844. The van der Waals surface area contributed by atoms with Gasteiger partial charge in [-0.3, -0.25) is 4.98 Å². The lowest BCUT2D eigenvalue weighted by Crippen LogP contribution is -1.96. The third-order valence-corrected chi connectivity index (χ3v) is 2.29. The SMILES string of the molecule is Cc1cc(Br)c(C(F)F)nc1C. The van der Waals surface area contributed by atoms with Crippen molar-refractivity contribution in [3.8, 4) is 0 Å². The Morgan fingerprint density at radius 2 is 2.00 bits per heavy atom.